The molecule has 4 nitrogen and oxygen atoms in total. The van der Waals surface area contributed by atoms with Crippen molar-refractivity contribution in [3.63, 3.8) is 0 Å². The van der Waals surface area contributed by atoms with Gasteiger partial charge >= 0.3 is 0 Å². The molecule has 0 saturated heterocycles. The number of aliphatic hydroxyl groups is 2. The van der Waals surface area contributed by atoms with Gasteiger partial charge in [0, 0.05) is 7.11 Å². The molecule has 0 radical (unpaired) electrons. The molecule has 4 saturated carbocycles. The first-order valence-electron chi connectivity index (χ1n) is 15.1. The molecule has 0 aliphatic heterocycles. The summed E-state index contributed by atoms with van der Waals surface area (Å²) in [5, 5.41) is 21.9. The van der Waals surface area contributed by atoms with Gasteiger partial charge in [-0.05, 0) is 138 Å². The van der Waals surface area contributed by atoms with E-state index in [0.29, 0.717) is 35.2 Å². The van der Waals surface area contributed by atoms with Gasteiger partial charge in [0.1, 0.15) is 0 Å². The SMILES string of the molecule is COC(C)(C)CO[C@H]1CC[C@]2(C)[C@H]3CC[C@@]4(C)[C@@H](CC[C@@H]4[C@H](C)CCC(C)(C)O)[C@]3(C)CC[C@H]2[C@H]1O. The van der Waals surface area contributed by atoms with Crippen molar-refractivity contribution in [3.05, 3.63) is 0 Å². The predicted octanol–water partition coefficient (Wildman–Crippen LogP) is 7.00. The van der Waals surface area contributed by atoms with Crippen molar-refractivity contribution in [1.29, 1.82) is 0 Å². The molecule has 210 valence electrons. The van der Waals surface area contributed by atoms with Gasteiger partial charge in [-0.2, -0.15) is 0 Å². The average molecular weight is 507 g/mol. The topological polar surface area (TPSA) is 58.9 Å². The number of methoxy groups -OCH3 is 1. The number of aliphatic hydroxyl groups excluding tert-OH is 1. The zero-order valence-electron chi connectivity index (χ0n) is 25.0. The molecule has 0 unspecified atom stereocenters. The van der Waals surface area contributed by atoms with E-state index < -0.39 is 5.60 Å². The van der Waals surface area contributed by atoms with Crippen molar-refractivity contribution < 1.29 is 19.7 Å². The van der Waals surface area contributed by atoms with E-state index in [0.717, 1.165) is 37.5 Å². The molecule has 0 heterocycles. The lowest BCUT2D eigenvalue weighted by Gasteiger charge is -2.67. The van der Waals surface area contributed by atoms with Crippen LogP contribution >= 0.6 is 0 Å². The molecule has 10 atom stereocenters. The van der Waals surface area contributed by atoms with E-state index in [9.17, 15) is 10.2 Å². The zero-order valence-corrected chi connectivity index (χ0v) is 25.0. The molecule has 4 heteroatoms. The smallest absolute Gasteiger partial charge is 0.0855 e. The van der Waals surface area contributed by atoms with E-state index in [4.69, 9.17) is 9.47 Å². The van der Waals surface area contributed by atoms with E-state index in [-0.39, 0.29) is 23.2 Å². The van der Waals surface area contributed by atoms with Crippen molar-refractivity contribution in [2.24, 2.45) is 45.8 Å². The Morgan fingerprint density at radius 3 is 2.11 bits per heavy atom. The van der Waals surface area contributed by atoms with Gasteiger partial charge < -0.3 is 19.7 Å². The first-order chi connectivity index (χ1) is 16.6. The maximum absolute atomic E-state index is 11.6. The summed E-state index contributed by atoms with van der Waals surface area (Å²) < 4.78 is 11.8. The van der Waals surface area contributed by atoms with Crippen LogP contribution in [-0.4, -0.2) is 47.3 Å². The second kappa shape index (κ2) is 9.79. The summed E-state index contributed by atoms with van der Waals surface area (Å²) in [7, 11) is 1.73. The Morgan fingerprint density at radius 2 is 1.47 bits per heavy atom. The summed E-state index contributed by atoms with van der Waals surface area (Å²) in [6.45, 7) is 18.8. The van der Waals surface area contributed by atoms with Gasteiger partial charge in [-0.3, -0.25) is 0 Å². The van der Waals surface area contributed by atoms with Crippen LogP contribution in [0, 0.1) is 45.8 Å². The third-order valence-electron chi connectivity index (χ3n) is 12.5. The number of hydrogen-bond acceptors (Lipinski definition) is 4. The standard InChI is InChI=1S/C32H58O4/c1-21(12-16-28(2,3)34)22-10-11-25-30(22,6)19-15-26-31(7)18-14-24(36-20-29(4,5)35-9)27(33)23(31)13-17-32(25,26)8/h21-27,33-34H,10-20H2,1-9H3/t21-,22-,23+,24+,25-,26-,27-,30-,31+,32+/m1/s1. The van der Waals surface area contributed by atoms with Crippen LogP contribution in [-0.2, 0) is 9.47 Å². The monoisotopic (exact) mass is 506 g/mol. The summed E-state index contributed by atoms with van der Waals surface area (Å²) in [6, 6.07) is 0. The first-order valence-corrected chi connectivity index (χ1v) is 15.1. The number of ether oxygens (including phenoxy) is 2. The average Bonchev–Trinajstić information content (AvgIpc) is 3.14. The molecular formula is C32H58O4. The quantitative estimate of drug-likeness (QED) is 0.372. The van der Waals surface area contributed by atoms with Gasteiger partial charge in [0.25, 0.3) is 0 Å². The maximum Gasteiger partial charge on any atom is 0.0855 e. The fourth-order valence-electron chi connectivity index (χ4n) is 10.3. The van der Waals surface area contributed by atoms with Crippen LogP contribution in [0.1, 0.15) is 120 Å². The number of hydrogen-bond donors (Lipinski definition) is 2. The fraction of sp³-hybridized carbons (Fsp3) is 1.00. The van der Waals surface area contributed by atoms with Crippen LogP contribution in [0.5, 0.6) is 0 Å². The number of rotatable bonds is 8. The fourth-order valence-corrected chi connectivity index (χ4v) is 10.3. The van der Waals surface area contributed by atoms with Gasteiger partial charge in [-0.25, -0.2) is 0 Å². The molecule has 4 rings (SSSR count). The van der Waals surface area contributed by atoms with Crippen molar-refractivity contribution in [2.45, 2.75) is 143 Å². The second-order valence-electron chi connectivity index (χ2n) is 15.7. The molecule has 4 aliphatic carbocycles. The Morgan fingerprint density at radius 1 is 0.861 bits per heavy atom. The summed E-state index contributed by atoms with van der Waals surface area (Å²) in [4.78, 5) is 0. The van der Waals surface area contributed by atoms with E-state index in [1.807, 2.05) is 13.8 Å². The largest absolute Gasteiger partial charge is 0.390 e. The highest BCUT2D eigenvalue weighted by Crippen LogP contribution is 2.73. The second-order valence-corrected chi connectivity index (χ2v) is 15.7. The van der Waals surface area contributed by atoms with Gasteiger partial charge in [-0.1, -0.05) is 27.7 Å². The summed E-state index contributed by atoms with van der Waals surface area (Å²) in [6.07, 6.45) is 11.4. The van der Waals surface area contributed by atoms with Crippen molar-refractivity contribution in [1.82, 2.24) is 0 Å². The van der Waals surface area contributed by atoms with Gasteiger partial charge in [0.15, 0.2) is 0 Å². The van der Waals surface area contributed by atoms with E-state index in [2.05, 4.69) is 41.5 Å². The van der Waals surface area contributed by atoms with Crippen LogP contribution < -0.4 is 0 Å². The Hall–Kier alpha value is -0.160. The Labute approximate surface area is 222 Å². The zero-order chi connectivity index (χ0) is 26.7. The van der Waals surface area contributed by atoms with Crippen LogP contribution in [0.4, 0.5) is 0 Å². The number of fused-ring (bicyclic) bond motifs is 5. The van der Waals surface area contributed by atoms with E-state index in [1.54, 1.807) is 7.11 Å². The molecule has 0 aromatic carbocycles. The molecule has 0 amide bonds. The highest BCUT2D eigenvalue weighted by molar-refractivity contribution is 5.15. The van der Waals surface area contributed by atoms with Crippen molar-refractivity contribution in [3.8, 4) is 0 Å². The lowest BCUT2D eigenvalue weighted by Crippen LogP contribution is -2.62. The minimum Gasteiger partial charge on any atom is -0.390 e. The molecule has 0 spiro atoms. The minimum atomic E-state index is -0.563. The highest BCUT2D eigenvalue weighted by atomic mass is 16.5. The Bertz CT molecular complexity index is 773. The molecule has 36 heavy (non-hydrogen) atoms. The molecule has 4 aliphatic rings. The van der Waals surface area contributed by atoms with Crippen LogP contribution in [0.25, 0.3) is 0 Å². The lowest BCUT2D eigenvalue weighted by molar-refractivity contribution is -0.219. The third kappa shape index (κ3) is 4.95. The molecule has 0 bridgehead atoms. The minimum absolute atomic E-state index is 0.0665. The predicted molar refractivity (Wildman–Crippen MR) is 147 cm³/mol. The molecule has 4 fully saturated rings. The molecular weight excluding hydrogens is 448 g/mol. The molecule has 2 N–H and O–H groups in total. The summed E-state index contributed by atoms with van der Waals surface area (Å²) in [5.74, 6) is 3.26. The molecule has 0 aromatic heterocycles. The first kappa shape index (κ1) is 28.8. The molecule has 0 aromatic rings. The summed E-state index contributed by atoms with van der Waals surface area (Å²) >= 11 is 0. The summed E-state index contributed by atoms with van der Waals surface area (Å²) in [5.41, 5.74) is 0.108. The van der Waals surface area contributed by atoms with Crippen molar-refractivity contribution >= 4 is 0 Å². The van der Waals surface area contributed by atoms with Gasteiger partial charge in [0.05, 0.1) is 30.0 Å². The lowest BCUT2D eigenvalue weighted by atomic mass is 9.39. The van der Waals surface area contributed by atoms with Gasteiger partial charge in [0.2, 0.25) is 0 Å². The van der Waals surface area contributed by atoms with E-state index in [1.165, 1.54) is 38.5 Å². The normalized spacial score (nSPS) is 46.1. The Balaban J connectivity index is 1.49. The van der Waals surface area contributed by atoms with Crippen LogP contribution in [0.15, 0.2) is 0 Å². The van der Waals surface area contributed by atoms with Gasteiger partial charge in [-0.15, -0.1) is 0 Å². The Kier molecular flexibility index (Phi) is 7.84. The van der Waals surface area contributed by atoms with Crippen LogP contribution in [0.2, 0.25) is 0 Å². The van der Waals surface area contributed by atoms with E-state index >= 15 is 0 Å². The van der Waals surface area contributed by atoms with Crippen LogP contribution in [0.3, 0.4) is 0 Å². The van der Waals surface area contributed by atoms with Crippen molar-refractivity contribution in [2.75, 3.05) is 13.7 Å². The maximum atomic E-state index is 11.6. The highest BCUT2D eigenvalue weighted by Gasteiger charge is 2.66. The third-order valence-corrected chi connectivity index (χ3v) is 12.5.